The fourth-order valence-corrected chi connectivity index (χ4v) is 4.99. The topological polar surface area (TPSA) is 51.3 Å². The highest BCUT2D eigenvalue weighted by Crippen LogP contribution is 2.26. The standard InChI is InChI=1S/C26H26N2O2/c29-25-16-21(26-22-11-5-4-8-19(22)12-13-24(26)30-25)17-27-18-23(28-14-6-7-15-28)20-9-2-1-3-10-20/h1-5,8-13,16,23,27H,6-7,14-15,17-18H2/p+2/t23-/m0/s1. The molecule has 0 radical (unpaired) electrons. The van der Waals surface area contributed by atoms with Crippen LogP contribution in [0.3, 0.4) is 0 Å². The molecule has 2 heterocycles. The highest BCUT2D eigenvalue weighted by molar-refractivity contribution is 6.06. The smallest absolute Gasteiger partial charge is 0.336 e. The van der Waals surface area contributed by atoms with E-state index in [4.69, 9.17) is 4.42 Å². The number of hydrogen-bond acceptors (Lipinski definition) is 2. The maximum absolute atomic E-state index is 12.2. The minimum atomic E-state index is -0.272. The summed E-state index contributed by atoms with van der Waals surface area (Å²) in [5.74, 6) is 0. The van der Waals surface area contributed by atoms with E-state index in [2.05, 4.69) is 47.8 Å². The number of nitrogens with one attached hydrogen (secondary N) is 1. The first-order valence-electron chi connectivity index (χ1n) is 11.0. The van der Waals surface area contributed by atoms with Gasteiger partial charge in [-0.1, -0.05) is 60.7 Å². The third kappa shape index (κ3) is 3.76. The molecule has 0 amide bonds. The van der Waals surface area contributed by atoms with E-state index in [1.54, 1.807) is 11.0 Å². The lowest BCUT2D eigenvalue weighted by molar-refractivity contribution is -0.935. The van der Waals surface area contributed by atoms with Crippen LogP contribution < -0.4 is 15.8 Å². The Kier molecular flexibility index (Phi) is 5.35. The summed E-state index contributed by atoms with van der Waals surface area (Å²) in [4.78, 5) is 13.9. The second-order valence-electron chi connectivity index (χ2n) is 8.31. The third-order valence-corrected chi connectivity index (χ3v) is 6.42. The predicted octanol–water partition coefficient (Wildman–Crippen LogP) is 2.43. The Hall–Kier alpha value is -2.95. The molecule has 1 aliphatic rings. The lowest BCUT2D eigenvalue weighted by atomic mass is 10.0. The Morgan fingerprint density at radius 2 is 1.70 bits per heavy atom. The van der Waals surface area contributed by atoms with Crippen LogP contribution in [0.5, 0.6) is 0 Å². The van der Waals surface area contributed by atoms with Gasteiger partial charge in [0, 0.05) is 35.4 Å². The molecule has 4 heteroatoms. The molecule has 4 aromatic rings. The van der Waals surface area contributed by atoms with Crippen molar-refractivity contribution in [1.82, 2.24) is 0 Å². The van der Waals surface area contributed by atoms with Crippen LogP contribution in [0, 0.1) is 0 Å². The first-order chi connectivity index (χ1) is 14.8. The monoisotopic (exact) mass is 400 g/mol. The molecule has 152 valence electrons. The van der Waals surface area contributed by atoms with Gasteiger partial charge >= 0.3 is 5.63 Å². The van der Waals surface area contributed by atoms with Gasteiger partial charge in [-0.2, -0.15) is 0 Å². The summed E-state index contributed by atoms with van der Waals surface area (Å²) in [6.07, 6.45) is 2.63. The molecule has 0 saturated carbocycles. The van der Waals surface area contributed by atoms with Crippen molar-refractivity contribution in [3.05, 3.63) is 94.3 Å². The molecule has 3 N–H and O–H groups in total. The molecule has 1 saturated heterocycles. The molecule has 5 rings (SSSR count). The van der Waals surface area contributed by atoms with Gasteiger partial charge in [-0.3, -0.25) is 0 Å². The summed E-state index contributed by atoms with van der Waals surface area (Å²) in [6.45, 7) is 4.27. The van der Waals surface area contributed by atoms with Crippen LogP contribution in [-0.4, -0.2) is 19.6 Å². The van der Waals surface area contributed by atoms with Crippen molar-refractivity contribution in [2.24, 2.45) is 0 Å². The maximum Gasteiger partial charge on any atom is 0.336 e. The quantitative estimate of drug-likeness (QED) is 0.386. The minimum Gasteiger partial charge on any atom is -0.423 e. The van der Waals surface area contributed by atoms with Crippen LogP contribution in [0.1, 0.15) is 30.0 Å². The van der Waals surface area contributed by atoms with E-state index >= 15 is 0 Å². The predicted molar refractivity (Wildman–Crippen MR) is 120 cm³/mol. The average Bonchev–Trinajstić information content (AvgIpc) is 3.31. The lowest BCUT2D eigenvalue weighted by Crippen LogP contribution is -3.13. The van der Waals surface area contributed by atoms with E-state index in [1.165, 1.54) is 36.9 Å². The van der Waals surface area contributed by atoms with Crippen molar-refractivity contribution in [3.8, 4) is 0 Å². The Balaban J connectivity index is 1.44. The molecular formula is C26H28N2O2+2. The summed E-state index contributed by atoms with van der Waals surface area (Å²) in [6, 6.07) is 25.3. The van der Waals surface area contributed by atoms with Crippen molar-refractivity contribution in [1.29, 1.82) is 0 Å². The lowest BCUT2D eigenvalue weighted by Gasteiger charge is -2.23. The number of likely N-dealkylation sites (tertiary alicyclic amines) is 1. The second-order valence-corrected chi connectivity index (χ2v) is 8.31. The van der Waals surface area contributed by atoms with Crippen LogP contribution in [0.15, 0.2) is 82.0 Å². The summed E-state index contributed by atoms with van der Waals surface area (Å²) in [5.41, 5.74) is 2.87. The second kappa shape index (κ2) is 8.42. The maximum atomic E-state index is 12.2. The summed E-state index contributed by atoms with van der Waals surface area (Å²) in [7, 11) is 0. The van der Waals surface area contributed by atoms with Crippen molar-refractivity contribution in [3.63, 3.8) is 0 Å². The summed E-state index contributed by atoms with van der Waals surface area (Å²) >= 11 is 0. The van der Waals surface area contributed by atoms with E-state index in [1.807, 2.05) is 24.3 Å². The van der Waals surface area contributed by atoms with E-state index in [-0.39, 0.29) is 5.63 Å². The van der Waals surface area contributed by atoms with Crippen molar-refractivity contribution >= 4 is 21.7 Å². The number of quaternary nitrogens is 2. The first-order valence-corrected chi connectivity index (χ1v) is 11.0. The zero-order chi connectivity index (χ0) is 20.3. The van der Waals surface area contributed by atoms with E-state index in [9.17, 15) is 4.79 Å². The summed E-state index contributed by atoms with van der Waals surface area (Å²) < 4.78 is 5.51. The SMILES string of the molecule is O=c1cc(C[NH2+]C[C@@H](c2ccccc2)[NH+]2CCCC2)c2c(ccc3ccccc32)o1. The van der Waals surface area contributed by atoms with Gasteiger partial charge in [-0.25, -0.2) is 4.79 Å². The van der Waals surface area contributed by atoms with Gasteiger partial charge in [-0.15, -0.1) is 0 Å². The Labute approximate surface area is 176 Å². The molecule has 0 aliphatic carbocycles. The molecule has 0 unspecified atom stereocenters. The van der Waals surface area contributed by atoms with E-state index in [0.717, 1.165) is 29.4 Å². The first kappa shape index (κ1) is 19.0. The Morgan fingerprint density at radius 3 is 2.53 bits per heavy atom. The molecule has 1 fully saturated rings. The molecule has 1 aliphatic heterocycles. The zero-order valence-electron chi connectivity index (χ0n) is 17.1. The molecule has 3 aromatic carbocycles. The third-order valence-electron chi connectivity index (χ3n) is 6.42. The average molecular weight is 401 g/mol. The molecule has 0 spiro atoms. The zero-order valence-corrected chi connectivity index (χ0v) is 17.1. The molecule has 0 bridgehead atoms. The van der Waals surface area contributed by atoms with Crippen molar-refractivity contribution in [2.75, 3.05) is 19.6 Å². The van der Waals surface area contributed by atoms with Gasteiger partial charge < -0.3 is 14.6 Å². The Bertz CT molecular complexity index is 1210. The van der Waals surface area contributed by atoms with Crippen LogP contribution >= 0.6 is 0 Å². The molecule has 1 atom stereocenters. The van der Waals surface area contributed by atoms with Gasteiger partial charge in [0.05, 0.1) is 13.1 Å². The minimum absolute atomic E-state index is 0.272. The largest absolute Gasteiger partial charge is 0.423 e. The number of nitrogens with two attached hydrogens (primary N) is 1. The van der Waals surface area contributed by atoms with E-state index in [0.29, 0.717) is 11.6 Å². The van der Waals surface area contributed by atoms with E-state index < -0.39 is 0 Å². The number of fused-ring (bicyclic) bond motifs is 3. The number of rotatable bonds is 6. The van der Waals surface area contributed by atoms with Crippen LogP contribution in [-0.2, 0) is 6.54 Å². The Morgan fingerprint density at radius 1 is 0.933 bits per heavy atom. The fourth-order valence-electron chi connectivity index (χ4n) is 4.99. The van der Waals surface area contributed by atoms with Gasteiger partial charge in [0.2, 0.25) is 0 Å². The van der Waals surface area contributed by atoms with Crippen LogP contribution in [0.4, 0.5) is 0 Å². The fraction of sp³-hybridized carbons (Fsp3) is 0.269. The van der Waals surface area contributed by atoms with Crippen LogP contribution in [0.25, 0.3) is 21.7 Å². The number of hydrogen-bond donors (Lipinski definition) is 2. The van der Waals surface area contributed by atoms with Gasteiger partial charge in [0.1, 0.15) is 18.7 Å². The molecule has 4 nitrogen and oxygen atoms in total. The number of benzene rings is 3. The van der Waals surface area contributed by atoms with Crippen molar-refractivity contribution < 1.29 is 14.6 Å². The van der Waals surface area contributed by atoms with Gasteiger partial charge in [0.25, 0.3) is 0 Å². The molecule has 1 aromatic heterocycles. The molecular weight excluding hydrogens is 372 g/mol. The summed E-state index contributed by atoms with van der Waals surface area (Å²) in [5, 5.41) is 5.74. The highest BCUT2D eigenvalue weighted by Gasteiger charge is 2.28. The van der Waals surface area contributed by atoms with Crippen molar-refractivity contribution in [2.45, 2.75) is 25.4 Å². The van der Waals surface area contributed by atoms with Gasteiger partial charge in [-0.05, 0) is 16.8 Å². The van der Waals surface area contributed by atoms with Gasteiger partial charge in [0.15, 0.2) is 6.04 Å². The molecule has 30 heavy (non-hydrogen) atoms. The van der Waals surface area contributed by atoms with Crippen LogP contribution in [0.2, 0.25) is 0 Å². The normalized spacial score (nSPS) is 15.7. The highest BCUT2D eigenvalue weighted by atomic mass is 16.4.